The molecule has 0 saturated heterocycles. The third-order valence-corrected chi connectivity index (χ3v) is 4.05. The number of H-pyrrole nitrogens is 1. The molecule has 3 aromatic rings. The zero-order valence-corrected chi connectivity index (χ0v) is 15.0. The Hall–Kier alpha value is -1.92. The highest BCUT2D eigenvalue weighted by Gasteiger charge is 2.10. The molecule has 0 fully saturated rings. The minimum atomic E-state index is 0.604. The highest BCUT2D eigenvalue weighted by molar-refractivity contribution is 9.10. The number of hydrogen-bond acceptors (Lipinski definition) is 4. The predicted molar refractivity (Wildman–Crippen MR) is 95.7 cm³/mol. The Bertz CT molecular complexity index is 789. The molecule has 0 radical (unpaired) electrons. The maximum Gasteiger partial charge on any atom is 0.201 e. The lowest BCUT2D eigenvalue weighted by molar-refractivity contribution is 0.356. The Morgan fingerprint density at radius 3 is 2.57 bits per heavy atom. The largest absolute Gasteiger partial charge is 0.493 e. The molecule has 0 amide bonds. The number of benzene rings is 2. The molecule has 120 valence electrons. The van der Waals surface area contributed by atoms with Crippen LogP contribution in [0.2, 0.25) is 5.02 Å². The summed E-state index contributed by atoms with van der Waals surface area (Å²) in [6.45, 7) is 0.604. The molecule has 2 aromatic carbocycles. The van der Waals surface area contributed by atoms with E-state index in [1.807, 2.05) is 30.3 Å². The number of nitrogens with zero attached hydrogens (tertiary/aromatic N) is 1. The summed E-state index contributed by atoms with van der Waals surface area (Å²) in [6, 6.07) is 9.47. The average Bonchev–Trinajstić information content (AvgIpc) is 2.92. The van der Waals surface area contributed by atoms with Crippen LogP contribution in [0.25, 0.3) is 11.0 Å². The number of aromatic amines is 1. The van der Waals surface area contributed by atoms with Gasteiger partial charge in [-0.3, -0.25) is 0 Å². The molecule has 0 spiro atoms. The van der Waals surface area contributed by atoms with Gasteiger partial charge < -0.3 is 19.8 Å². The molecule has 7 heteroatoms. The van der Waals surface area contributed by atoms with E-state index in [0.717, 1.165) is 21.1 Å². The minimum absolute atomic E-state index is 0.604. The number of ether oxygens (including phenoxy) is 2. The highest BCUT2D eigenvalue weighted by Crippen LogP contribution is 2.31. The summed E-state index contributed by atoms with van der Waals surface area (Å²) in [4.78, 5) is 7.73. The van der Waals surface area contributed by atoms with Crippen molar-refractivity contribution in [2.75, 3.05) is 19.5 Å². The second-order valence-corrected chi connectivity index (χ2v) is 6.29. The molecule has 0 bridgehead atoms. The van der Waals surface area contributed by atoms with E-state index in [1.54, 1.807) is 14.2 Å². The fourth-order valence-corrected chi connectivity index (χ4v) is 3.25. The zero-order chi connectivity index (χ0) is 16.4. The molecule has 2 N–H and O–H groups in total. The summed E-state index contributed by atoms with van der Waals surface area (Å²) in [7, 11) is 3.21. The first kappa shape index (κ1) is 16.0. The van der Waals surface area contributed by atoms with Crippen molar-refractivity contribution in [3.63, 3.8) is 0 Å². The Labute approximate surface area is 147 Å². The average molecular weight is 397 g/mol. The van der Waals surface area contributed by atoms with E-state index in [1.165, 1.54) is 0 Å². The maximum atomic E-state index is 6.05. The van der Waals surface area contributed by atoms with E-state index in [9.17, 15) is 0 Å². The standard InChI is InChI=1S/C16H15BrClN3O2/c1-22-14-6-12-13(7-15(14)23-2)21-16(20-12)19-8-9-3-10(17)5-11(18)4-9/h3-7H,8H2,1-2H3,(H2,19,20,21). The molecular weight excluding hydrogens is 382 g/mol. The van der Waals surface area contributed by atoms with Gasteiger partial charge in [-0.2, -0.15) is 0 Å². The summed E-state index contributed by atoms with van der Waals surface area (Å²) >= 11 is 9.49. The monoisotopic (exact) mass is 395 g/mol. The van der Waals surface area contributed by atoms with Crippen LogP contribution in [0.3, 0.4) is 0 Å². The molecule has 1 aromatic heterocycles. The van der Waals surface area contributed by atoms with Crippen molar-refractivity contribution in [1.29, 1.82) is 0 Å². The number of aromatic nitrogens is 2. The van der Waals surface area contributed by atoms with Gasteiger partial charge in [-0.05, 0) is 23.8 Å². The molecule has 1 heterocycles. The Morgan fingerprint density at radius 1 is 1.13 bits per heavy atom. The number of rotatable bonds is 5. The second kappa shape index (κ2) is 6.68. The molecular formula is C16H15BrClN3O2. The first-order valence-corrected chi connectivity index (χ1v) is 8.06. The summed E-state index contributed by atoms with van der Waals surface area (Å²) in [6.07, 6.45) is 0. The molecule has 3 rings (SSSR count). The summed E-state index contributed by atoms with van der Waals surface area (Å²) in [5.41, 5.74) is 2.73. The molecule has 0 aliphatic rings. The van der Waals surface area contributed by atoms with Crippen LogP contribution in [0, 0.1) is 0 Å². The van der Waals surface area contributed by atoms with Gasteiger partial charge in [0.05, 0.1) is 25.3 Å². The first-order chi connectivity index (χ1) is 11.1. The third-order valence-electron chi connectivity index (χ3n) is 3.37. The van der Waals surface area contributed by atoms with Crippen LogP contribution in [0.5, 0.6) is 11.5 Å². The quantitative estimate of drug-likeness (QED) is 0.661. The van der Waals surface area contributed by atoms with Crippen LogP contribution in [-0.4, -0.2) is 24.2 Å². The molecule has 0 aliphatic carbocycles. The van der Waals surface area contributed by atoms with E-state index in [-0.39, 0.29) is 0 Å². The lowest BCUT2D eigenvalue weighted by atomic mass is 10.2. The minimum Gasteiger partial charge on any atom is -0.493 e. The highest BCUT2D eigenvalue weighted by atomic mass is 79.9. The third kappa shape index (κ3) is 3.54. The molecule has 0 atom stereocenters. The Balaban J connectivity index is 1.83. The van der Waals surface area contributed by atoms with Crippen LogP contribution in [0.4, 0.5) is 5.95 Å². The van der Waals surface area contributed by atoms with Gasteiger partial charge >= 0.3 is 0 Å². The van der Waals surface area contributed by atoms with E-state index < -0.39 is 0 Å². The van der Waals surface area contributed by atoms with Crippen molar-refractivity contribution >= 4 is 44.5 Å². The number of imidazole rings is 1. The van der Waals surface area contributed by atoms with Crippen LogP contribution in [0.1, 0.15) is 5.56 Å². The van der Waals surface area contributed by atoms with Crippen molar-refractivity contribution < 1.29 is 9.47 Å². The van der Waals surface area contributed by atoms with Gasteiger partial charge in [0.15, 0.2) is 11.5 Å². The maximum absolute atomic E-state index is 6.05. The summed E-state index contributed by atoms with van der Waals surface area (Å²) in [5, 5.41) is 3.94. The van der Waals surface area contributed by atoms with Crippen LogP contribution in [-0.2, 0) is 6.54 Å². The van der Waals surface area contributed by atoms with Crippen molar-refractivity contribution in [1.82, 2.24) is 9.97 Å². The van der Waals surface area contributed by atoms with Crippen molar-refractivity contribution in [3.05, 3.63) is 45.4 Å². The first-order valence-electron chi connectivity index (χ1n) is 6.89. The smallest absolute Gasteiger partial charge is 0.201 e. The van der Waals surface area contributed by atoms with Gasteiger partial charge in [-0.1, -0.05) is 27.5 Å². The predicted octanol–water partition coefficient (Wildman–Crippen LogP) is 4.61. The number of hydrogen-bond donors (Lipinski definition) is 2. The number of methoxy groups -OCH3 is 2. The number of fused-ring (bicyclic) bond motifs is 1. The lowest BCUT2D eigenvalue weighted by Gasteiger charge is -2.06. The van der Waals surface area contributed by atoms with E-state index in [0.29, 0.717) is 29.0 Å². The number of halogens is 2. The van der Waals surface area contributed by atoms with Gasteiger partial charge in [0.25, 0.3) is 0 Å². The van der Waals surface area contributed by atoms with Gasteiger partial charge in [0.2, 0.25) is 5.95 Å². The molecule has 0 aliphatic heterocycles. The zero-order valence-electron chi connectivity index (χ0n) is 12.6. The fraction of sp³-hybridized carbons (Fsp3) is 0.188. The van der Waals surface area contributed by atoms with Crippen molar-refractivity contribution in [2.45, 2.75) is 6.54 Å². The van der Waals surface area contributed by atoms with E-state index in [2.05, 4.69) is 31.2 Å². The number of nitrogens with one attached hydrogen (secondary N) is 2. The molecule has 23 heavy (non-hydrogen) atoms. The summed E-state index contributed by atoms with van der Waals surface area (Å²) in [5.74, 6) is 1.98. The van der Waals surface area contributed by atoms with Crippen LogP contribution < -0.4 is 14.8 Å². The molecule has 0 unspecified atom stereocenters. The Morgan fingerprint density at radius 2 is 1.87 bits per heavy atom. The number of anilines is 1. The van der Waals surface area contributed by atoms with Gasteiger partial charge in [-0.15, -0.1) is 0 Å². The van der Waals surface area contributed by atoms with Gasteiger partial charge in [0.1, 0.15) is 0 Å². The SMILES string of the molecule is COc1cc2nc(NCc3cc(Cl)cc(Br)c3)[nH]c2cc1OC. The van der Waals surface area contributed by atoms with E-state index in [4.69, 9.17) is 21.1 Å². The normalized spacial score (nSPS) is 10.8. The molecule has 5 nitrogen and oxygen atoms in total. The Kier molecular flexibility index (Phi) is 4.63. The fourth-order valence-electron chi connectivity index (χ4n) is 2.32. The molecule has 0 saturated carbocycles. The van der Waals surface area contributed by atoms with Gasteiger partial charge in [0, 0.05) is 28.2 Å². The van der Waals surface area contributed by atoms with Crippen LogP contribution in [0.15, 0.2) is 34.8 Å². The van der Waals surface area contributed by atoms with E-state index >= 15 is 0 Å². The lowest BCUT2D eigenvalue weighted by Crippen LogP contribution is -2.00. The van der Waals surface area contributed by atoms with Crippen LogP contribution >= 0.6 is 27.5 Å². The second-order valence-electron chi connectivity index (χ2n) is 4.94. The van der Waals surface area contributed by atoms with Crippen molar-refractivity contribution in [2.24, 2.45) is 0 Å². The topological polar surface area (TPSA) is 59.2 Å². The summed E-state index contributed by atoms with van der Waals surface area (Å²) < 4.78 is 11.5. The van der Waals surface area contributed by atoms with Crippen molar-refractivity contribution in [3.8, 4) is 11.5 Å². The van der Waals surface area contributed by atoms with Gasteiger partial charge in [-0.25, -0.2) is 4.98 Å².